The fraction of sp³-hybridized carbons (Fsp3) is 0.611. The molecule has 2 fully saturated rings. The van der Waals surface area contributed by atoms with E-state index in [0.29, 0.717) is 12.6 Å². The third kappa shape index (κ3) is 3.32. The molecule has 1 heterocycles. The van der Waals surface area contributed by atoms with Crippen molar-refractivity contribution in [3.8, 4) is 0 Å². The van der Waals surface area contributed by atoms with Gasteiger partial charge in [-0.1, -0.05) is 24.5 Å². The number of carbonyl (C=O) groups excluding carboxylic acids is 1. The van der Waals surface area contributed by atoms with E-state index < -0.39 is 5.82 Å². The molecule has 1 aromatic carbocycles. The Bertz CT molecular complexity index is 540. The molecule has 0 spiro atoms. The average molecular weight is 304 g/mol. The maximum Gasteiger partial charge on any atom is 0.256 e. The molecule has 1 amide bonds. The summed E-state index contributed by atoms with van der Waals surface area (Å²) < 4.78 is 13.9. The van der Waals surface area contributed by atoms with Gasteiger partial charge in [-0.15, -0.1) is 0 Å². The number of hydrogen-bond donors (Lipinski definition) is 0. The smallest absolute Gasteiger partial charge is 0.256 e. The Labute approximate surface area is 132 Å². The lowest BCUT2D eigenvalue weighted by Gasteiger charge is -2.27. The fourth-order valence-corrected chi connectivity index (χ4v) is 3.75. The van der Waals surface area contributed by atoms with Gasteiger partial charge in [-0.25, -0.2) is 4.39 Å². The van der Waals surface area contributed by atoms with Crippen molar-refractivity contribution in [2.24, 2.45) is 0 Å². The lowest BCUT2D eigenvalue weighted by molar-refractivity contribution is 0.0753. The first-order valence-corrected chi connectivity index (χ1v) is 8.44. The summed E-state index contributed by atoms with van der Waals surface area (Å²) in [6, 6.07) is 5.46. The highest BCUT2D eigenvalue weighted by Crippen LogP contribution is 2.24. The van der Waals surface area contributed by atoms with Crippen LogP contribution in [-0.4, -0.2) is 47.9 Å². The van der Waals surface area contributed by atoms with Gasteiger partial charge < -0.3 is 4.90 Å². The van der Waals surface area contributed by atoms with Crippen LogP contribution < -0.4 is 0 Å². The summed E-state index contributed by atoms with van der Waals surface area (Å²) in [6.45, 7) is 5.31. The van der Waals surface area contributed by atoms with Crippen molar-refractivity contribution in [2.75, 3.05) is 26.2 Å². The van der Waals surface area contributed by atoms with Crippen molar-refractivity contribution >= 4 is 5.91 Å². The van der Waals surface area contributed by atoms with Crippen molar-refractivity contribution in [1.29, 1.82) is 0 Å². The number of carbonyl (C=O) groups is 1. The summed E-state index contributed by atoms with van der Waals surface area (Å²) in [5.41, 5.74) is 1.14. The molecule has 3 nitrogen and oxygen atoms in total. The Morgan fingerprint density at radius 2 is 1.86 bits per heavy atom. The minimum absolute atomic E-state index is 0.158. The molecule has 3 rings (SSSR count). The maximum atomic E-state index is 13.9. The molecule has 0 unspecified atom stereocenters. The van der Waals surface area contributed by atoms with Gasteiger partial charge in [0.15, 0.2) is 0 Å². The van der Waals surface area contributed by atoms with E-state index in [0.717, 1.165) is 31.6 Å². The Balaban J connectivity index is 1.67. The summed E-state index contributed by atoms with van der Waals surface area (Å²) >= 11 is 0. The molecule has 0 atom stereocenters. The summed E-state index contributed by atoms with van der Waals surface area (Å²) in [7, 11) is 0. The lowest BCUT2D eigenvalue weighted by atomic mass is 10.1. The second kappa shape index (κ2) is 6.78. The van der Waals surface area contributed by atoms with E-state index in [1.54, 1.807) is 12.1 Å². The first kappa shape index (κ1) is 15.5. The van der Waals surface area contributed by atoms with E-state index in [1.807, 2.05) is 11.8 Å². The Morgan fingerprint density at radius 1 is 1.09 bits per heavy atom. The van der Waals surface area contributed by atoms with Crippen LogP contribution in [0.25, 0.3) is 0 Å². The second-order valence-electron chi connectivity index (χ2n) is 6.60. The van der Waals surface area contributed by atoms with Gasteiger partial charge in [0.2, 0.25) is 0 Å². The summed E-state index contributed by atoms with van der Waals surface area (Å²) in [5, 5.41) is 0. The number of nitrogens with zero attached hydrogens (tertiary/aromatic N) is 2. The quantitative estimate of drug-likeness (QED) is 0.837. The first-order valence-electron chi connectivity index (χ1n) is 8.44. The summed E-state index contributed by atoms with van der Waals surface area (Å²) in [6.07, 6.45) is 6.23. The van der Waals surface area contributed by atoms with Crippen LogP contribution in [0.5, 0.6) is 0 Å². The molecular formula is C18H25FN2O. The lowest BCUT2D eigenvalue weighted by Crippen LogP contribution is -2.38. The van der Waals surface area contributed by atoms with Gasteiger partial charge >= 0.3 is 0 Å². The van der Waals surface area contributed by atoms with Gasteiger partial charge in [0, 0.05) is 32.2 Å². The van der Waals surface area contributed by atoms with Gasteiger partial charge in [-0.3, -0.25) is 9.69 Å². The van der Waals surface area contributed by atoms with Crippen LogP contribution >= 0.6 is 0 Å². The molecule has 1 saturated heterocycles. The minimum atomic E-state index is -0.410. The standard InChI is InChI=1S/C18H25FN2O/c1-14-7-8-17(19)16(13-14)18(22)21-10-4-9-20(11-12-21)15-5-2-3-6-15/h7-8,13,15H,2-6,9-12H2,1H3. The van der Waals surface area contributed by atoms with Crippen LogP contribution in [0.2, 0.25) is 0 Å². The Hall–Kier alpha value is -1.42. The molecule has 1 saturated carbocycles. The molecule has 4 heteroatoms. The molecule has 22 heavy (non-hydrogen) atoms. The van der Waals surface area contributed by atoms with Crippen LogP contribution in [0.15, 0.2) is 18.2 Å². The van der Waals surface area contributed by atoms with Gasteiger partial charge in [0.05, 0.1) is 5.56 Å². The zero-order valence-corrected chi connectivity index (χ0v) is 13.4. The largest absolute Gasteiger partial charge is 0.337 e. The van der Waals surface area contributed by atoms with Crippen LogP contribution in [-0.2, 0) is 0 Å². The van der Waals surface area contributed by atoms with Crippen LogP contribution in [0, 0.1) is 12.7 Å². The number of rotatable bonds is 2. The van der Waals surface area contributed by atoms with Crippen LogP contribution in [0.1, 0.15) is 48.0 Å². The van der Waals surface area contributed by atoms with Gasteiger partial charge in [-0.05, 0) is 38.3 Å². The SMILES string of the molecule is Cc1ccc(F)c(C(=O)N2CCCN(C3CCCC3)CC2)c1. The van der Waals surface area contributed by atoms with Crippen molar-refractivity contribution in [1.82, 2.24) is 9.80 Å². The van der Waals surface area contributed by atoms with E-state index >= 15 is 0 Å². The monoisotopic (exact) mass is 304 g/mol. The number of hydrogen-bond acceptors (Lipinski definition) is 2. The van der Waals surface area contributed by atoms with E-state index in [2.05, 4.69) is 4.90 Å². The molecule has 0 N–H and O–H groups in total. The third-order valence-electron chi connectivity index (χ3n) is 5.01. The number of halogens is 1. The van der Waals surface area contributed by atoms with Gasteiger partial charge in [-0.2, -0.15) is 0 Å². The van der Waals surface area contributed by atoms with Gasteiger partial charge in [0.25, 0.3) is 5.91 Å². The van der Waals surface area contributed by atoms with Crippen molar-refractivity contribution in [3.05, 3.63) is 35.1 Å². The number of aryl methyl sites for hydroxylation is 1. The fourth-order valence-electron chi connectivity index (χ4n) is 3.75. The highest BCUT2D eigenvalue weighted by Gasteiger charge is 2.27. The highest BCUT2D eigenvalue weighted by molar-refractivity contribution is 5.94. The van der Waals surface area contributed by atoms with E-state index in [4.69, 9.17) is 0 Å². The number of benzene rings is 1. The number of amides is 1. The van der Waals surface area contributed by atoms with Crippen LogP contribution in [0.4, 0.5) is 4.39 Å². The molecule has 0 bridgehead atoms. The maximum absolute atomic E-state index is 13.9. The average Bonchev–Trinajstić information content (AvgIpc) is 2.94. The van der Waals surface area contributed by atoms with Crippen molar-refractivity contribution < 1.29 is 9.18 Å². The summed E-state index contributed by atoms with van der Waals surface area (Å²) in [5.74, 6) is -0.568. The Morgan fingerprint density at radius 3 is 2.64 bits per heavy atom. The molecule has 1 aliphatic carbocycles. The van der Waals surface area contributed by atoms with Crippen molar-refractivity contribution in [2.45, 2.75) is 45.1 Å². The molecule has 1 aromatic rings. The molecular weight excluding hydrogens is 279 g/mol. The van der Waals surface area contributed by atoms with Crippen molar-refractivity contribution in [3.63, 3.8) is 0 Å². The zero-order valence-electron chi connectivity index (χ0n) is 13.4. The summed E-state index contributed by atoms with van der Waals surface area (Å²) in [4.78, 5) is 17.0. The van der Waals surface area contributed by atoms with E-state index in [-0.39, 0.29) is 11.5 Å². The predicted molar refractivity (Wildman–Crippen MR) is 85.5 cm³/mol. The van der Waals surface area contributed by atoms with Crippen LogP contribution in [0.3, 0.4) is 0 Å². The Kier molecular flexibility index (Phi) is 4.77. The highest BCUT2D eigenvalue weighted by atomic mass is 19.1. The molecule has 0 radical (unpaired) electrons. The predicted octanol–water partition coefficient (Wildman–Crippen LogP) is 3.22. The van der Waals surface area contributed by atoms with E-state index in [9.17, 15) is 9.18 Å². The molecule has 2 aliphatic rings. The second-order valence-corrected chi connectivity index (χ2v) is 6.60. The first-order chi connectivity index (χ1) is 10.6. The molecule has 0 aromatic heterocycles. The van der Waals surface area contributed by atoms with Gasteiger partial charge in [0.1, 0.15) is 5.82 Å². The molecule has 120 valence electrons. The normalized spacial score (nSPS) is 21.1. The molecule has 1 aliphatic heterocycles. The zero-order chi connectivity index (χ0) is 15.5. The topological polar surface area (TPSA) is 23.6 Å². The van der Waals surface area contributed by atoms with E-state index in [1.165, 1.54) is 31.7 Å². The minimum Gasteiger partial charge on any atom is -0.337 e. The third-order valence-corrected chi connectivity index (χ3v) is 5.01.